The van der Waals surface area contributed by atoms with Crippen molar-refractivity contribution in [3.63, 3.8) is 0 Å². The van der Waals surface area contributed by atoms with E-state index in [0.717, 1.165) is 0 Å². The monoisotopic (exact) mass is 499 g/mol. The van der Waals surface area contributed by atoms with Gasteiger partial charge in [-0.05, 0) is 66.7 Å². The summed E-state index contributed by atoms with van der Waals surface area (Å²) >= 11 is 0. The highest BCUT2D eigenvalue weighted by Crippen LogP contribution is 2.21. The summed E-state index contributed by atoms with van der Waals surface area (Å²) < 4.78 is 42.6. The predicted octanol–water partition coefficient (Wildman–Crippen LogP) is 3.94. The molecule has 0 saturated carbocycles. The van der Waals surface area contributed by atoms with E-state index in [1.165, 1.54) is 38.5 Å². The summed E-state index contributed by atoms with van der Waals surface area (Å²) in [6.07, 6.45) is -0.648. The van der Waals surface area contributed by atoms with Gasteiger partial charge >= 0.3 is 6.09 Å². The van der Waals surface area contributed by atoms with Gasteiger partial charge in [0.1, 0.15) is 12.4 Å². The van der Waals surface area contributed by atoms with E-state index in [2.05, 4.69) is 15.4 Å². The second-order valence-corrected chi connectivity index (χ2v) is 8.83. The van der Waals surface area contributed by atoms with Crippen LogP contribution in [0.2, 0.25) is 0 Å². The largest absolute Gasteiger partial charge is 0.497 e. The lowest BCUT2D eigenvalue weighted by Gasteiger charge is -2.11. The molecule has 3 aromatic rings. The van der Waals surface area contributed by atoms with Crippen LogP contribution >= 0.6 is 0 Å². The Morgan fingerprint density at radius 2 is 1.46 bits per heavy atom. The van der Waals surface area contributed by atoms with E-state index in [1.54, 1.807) is 48.5 Å². The van der Waals surface area contributed by atoms with Crippen LogP contribution in [0.4, 0.5) is 21.9 Å². The molecule has 0 atom stereocenters. The summed E-state index contributed by atoms with van der Waals surface area (Å²) in [5.74, 6) is 0.156. The molecular weight excluding hydrogens is 474 g/mol. The third-order valence-electron chi connectivity index (χ3n) is 4.66. The summed E-state index contributed by atoms with van der Waals surface area (Å²) in [5.41, 5.74) is 1.49. The number of ether oxygens (including phenoxy) is 3. The van der Waals surface area contributed by atoms with Crippen LogP contribution in [0.25, 0.3) is 0 Å². The minimum Gasteiger partial charge on any atom is -0.497 e. The Hall–Kier alpha value is -4.09. The standard InChI is InChI=1S/C24H25N3O7S/c1-32-14-15-34-24(29)26-20-5-3-4-19(16-20)25-23(28)17-6-12-22(13-7-17)35(30,31)27-18-8-10-21(33-2)11-9-18/h3-13,16,27H,14-15H2,1-2H3,(H,25,28)(H,26,29). The number of hydrogen-bond acceptors (Lipinski definition) is 7. The highest BCUT2D eigenvalue weighted by atomic mass is 32.2. The lowest BCUT2D eigenvalue weighted by atomic mass is 10.2. The average molecular weight is 500 g/mol. The molecule has 0 aromatic heterocycles. The van der Waals surface area contributed by atoms with Crippen LogP contribution in [-0.2, 0) is 19.5 Å². The lowest BCUT2D eigenvalue weighted by molar-refractivity contribution is 0.102. The number of anilines is 3. The van der Waals surface area contributed by atoms with Crippen LogP contribution < -0.4 is 20.1 Å². The van der Waals surface area contributed by atoms with Gasteiger partial charge < -0.3 is 19.5 Å². The van der Waals surface area contributed by atoms with Crippen LogP contribution in [0.1, 0.15) is 10.4 Å². The van der Waals surface area contributed by atoms with Crippen LogP contribution in [0.5, 0.6) is 5.75 Å². The molecule has 10 nitrogen and oxygen atoms in total. The quantitative estimate of drug-likeness (QED) is 0.360. The van der Waals surface area contributed by atoms with Gasteiger partial charge in [0, 0.05) is 29.7 Å². The number of amides is 2. The first-order valence-electron chi connectivity index (χ1n) is 10.4. The Labute approximate surface area is 203 Å². The molecule has 0 saturated heterocycles. The second kappa shape index (κ2) is 11.9. The lowest BCUT2D eigenvalue weighted by Crippen LogP contribution is -2.17. The zero-order valence-electron chi connectivity index (χ0n) is 19.1. The van der Waals surface area contributed by atoms with Crippen molar-refractivity contribution in [2.24, 2.45) is 0 Å². The minimum absolute atomic E-state index is 0.00282. The molecule has 184 valence electrons. The van der Waals surface area contributed by atoms with Gasteiger partial charge in [0.05, 0.1) is 18.6 Å². The first kappa shape index (κ1) is 25.5. The molecule has 0 spiro atoms. The summed E-state index contributed by atoms with van der Waals surface area (Å²) in [4.78, 5) is 24.4. The van der Waals surface area contributed by atoms with Crippen molar-refractivity contribution in [2.45, 2.75) is 4.90 Å². The van der Waals surface area contributed by atoms with Crippen molar-refractivity contribution in [1.29, 1.82) is 0 Å². The fourth-order valence-corrected chi connectivity index (χ4v) is 3.97. The zero-order valence-corrected chi connectivity index (χ0v) is 19.9. The molecule has 3 aromatic carbocycles. The van der Waals surface area contributed by atoms with Crippen molar-refractivity contribution in [3.8, 4) is 5.75 Å². The Balaban J connectivity index is 1.62. The van der Waals surface area contributed by atoms with E-state index < -0.39 is 22.0 Å². The van der Waals surface area contributed by atoms with Crippen molar-refractivity contribution in [2.75, 3.05) is 42.8 Å². The minimum atomic E-state index is -3.84. The van der Waals surface area contributed by atoms with Gasteiger partial charge in [-0.2, -0.15) is 0 Å². The topological polar surface area (TPSA) is 132 Å². The Bertz CT molecular complexity index is 1260. The maximum Gasteiger partial charge on any atom is 0.411 e. The Morgan fingerprint density at radius 3 is 2.09 bits per heavy atom. The van der Waals surface area contributed by atoms with E-state index in [0.29, 0.717) is 22.8 Å². The summed E-state index contributed by atoms with van der Waals surface area (Å²) in [6, 6.07) is 18.5. The molecule has 11 heteroatoms. The molecule has 0 aliphatic heterocycles. The van der Waals surface area contributed by atoms with Crippen LogP contribution in [0.3, 0.4) is 0 Å². The molecule has 0 radical (unpaired) electrons. The second-order valence-electron chi connectivity index (χ2n) is 7.15. The number of methoxy groups -OCH3 is 2. The molecular formula is C24H25N3O7S. The molecule has 0 fully saturated rings. The Kier molecular flexibility index (Phi) is 8.65. The van der Waals surface area contributed by atoms with Crippen molar-refractivity contribution < 1.29 is 32.2 Å². The van der Waals surface area contributed by atoms with Crippen molar-refractivity contribution in [3.05, 3.63) is 78.4 Å². The fourth-order valence-electron chi connectivity index (χ4n) is 2.91. The highest BCUT2D eigenvalue weighted by Gasteiger charge is 2.16. The predicted molar refractivity (Wildman–Crippen MR) is 131 cm³/mol. The van der Waals surface area contributed by atoms with Crippen LogP contribution in [-0.4, -0.2) is 47.9 Å². The van der Waals surface area contributed by atoms with Gasteiger partial charge in [0.2, 0.25) is 0 Å². The summed E-state index contributed by atoms with van der Waals surface area (Å²) in [6.45, 7) is 0.390. The van der Waals surface area contributed by atoms with Gasteiger partial charge in [0.15, 0.2) is 0 Å². The molecule has 2 amide bonds. The average Bonchev–Trinajstić information content (AvgIpc) is 2.85. The molecule has 0 heterocycles. The molecule has 3 rings (SSSR count). The normalized spacial score (nSPS) is 10.8. The molecule has 35 heavy (non-hydrogen) atoms. The maximum absolute atomic E-state index is 12.6. The van der Waals surface area contributed by atoms with Gasteiger partial charge in [-0.25, -0.2) is 13.2 Å². The molecule has 0 aliphatic carbocycles. The number of carbonyl (C=O) groups excluding carboxylic acids is 2. The van der Waals surface area contributed by atoms with E-state index in [4.69, 9.17) is 14.2 Å². The molecule has 3 N–H and O–H groups in total. The van der Waals surface area contributed by atoms with E-state index in [1.807, 2.05) is 0 Å². The summed E-state index contributed by atoms with van der Waals surface area (Å²) in [5, 5.41) is 5.26. The number of benzene rings is 3. The van der Waals surface area contributed by atoms with E-state index in [9.17, 15) is 18.0 Å². The first-order chi connectivity index (χ1) is 16.8. The zero-order chi connectivity index (χ0) is 25.3. The SMILES string of the molecule is COCCOC(=O)Nc1cccc(NC(=O)c2ccc(S(=O)(=O)Nc3ccc(OC)cc3)cc2)c1. The molecule has 0 aliphatic rings. The Morgan fingerprint density at radius 1 is 0.800 bits per heavy atom. The molecule has 0 bridgehead atoms. The van der Waals surface area contributed by atoms with Gasteiger partial charge in [-0.3, -0.25) is 14.8 Å². The number of rotatable bonds is 10. The van der Waals surface area contributed by atoms with Gasteiger partial charge in [0.25, 0.3) is 15.9 Å². The number of hydrogen-bond donors (Lipinski definition) is 3. The third kappa shape index (κ3) is 7.45. The van der Waals surface area contributed by atoms with E-state index in [-0.39, 0.29) is 23.7 Å². The number of carbonyl (C=O) groups is 2. The van der Waals surface area contributed by atoms with Gasteiger partial charge in [-0.15, -0.1) is 0 Å². The van der Waals surface area contributed by atoms with E-state index >= 15 is 0 Å². The number of sulfonamides is 1. The third-order valence-corrected chi connectivity index (χ3v) is 6.05. The first-order valence-corrected chi connectivity index (χ1v) is 11.9. The fraction of sp³-hybridized carbons (Fsp3) is 0.167. The van der Waals surface area contributed by atoms with Crippen LogP contribution in [0, 0.1) is 0 Å². The summed E-state index contributed by atoms with van der Waals surface area (Å²) in [7, 11) is -0.823. The maximum atomic E-state index is 12.6. The van der Waals surface area contributed by atoms with Crippen molar-refractivity contribution >= 4 is 39.1 Å². The van der Waals surface area contributed by atoms with Crippen molar-refractivity contribution in [1.82, 2.24) is 0 Å². The smallest absolute Gasteiger partial charge is 0.411 e. The van der Waals surface area contributed by atoms with Gasteiger partial charge in [-0.1, -0.05) is 6.07 Å². The molecule has 0 unspecified atom stereocenters. The van der Waals surface area contributed by atoms with Crippen LogP contribution in [0.15, 0.2) is 77.7 Å². The highest BCUT2D eigenvalue weighted by molar-refractivity contribution is 7.92. The number of nitrogens with one attached hydrogen (secondary N) is 3.